The highest BCUT2D eigenvalue weighted by atomic mass is 32.2. The minimum Gasteiger partial charge on any atom is -0.354 e. The maximum absolute atomic E-state index is 11.0. The Morgan fingerprint density at radius 2 is 2.32 bits per heavy atom. The highest BCUT2D eigenvalue weighted by Crippen LogP contribution is 2.31. The van der Waals surface area contributed by atoms with Crippen LogP contribution in [0.15, 0.2) is 28.8 Å². The third kappa shape index (κ3) is 2.99. The van der Waals surface area contributed by atoms with Gasteiger partial charge in [0.1, 0.15) is 6.20 Å². The van der Waals surface area contributed by atoms with Gasteiger partial charge >= 0.3 is 5.69 Å². The highest BCUT2D eigenvalue weighted by Gasteiger charge is 2.19. The monoisotopic (exact) mass is 280 g/mol. The Labute approximate surface area is 113 Å². The molecular formula is C10H12N6O2S. The molecule has 0 aliphatic carbocycles. The number of hydrogen-bond donors (Lipinski definition) is 1. The van der Waals surface area contributed by atoms with Crippen LogP contribution < -0.4 is 5.32 Å². The van der Waals surface area contributed by atoms with Gasteiger partial charge in [0, 0.05) is 26.0 Å². The minimum atomic E-state index is -0.499. The summed E-state index contributed by atoms with van der Waals surface area (Å²) >= 11 is 1.13. The number of nitrogens with zero attached hydrogens (tertiary/aromatic N) is 5. The molecule has 0 unspecified atom stereocenters. The molecule has 0 atom stereocenters. The van der Waals surface area contributed by atoms with Crippen molar-refractivity contribution in [1.82, 2.24) is 19.5 Å². The molecule has 100 valence electrons. The van der Waals surface area contributed by atoms with E-state index in [1.165, 1.54) is 6.20 Å². The van der Waals surface area contributed by atoms with Crippen molar-refractivity contribution in [2.24, 2.45) is 7.05 Å². The van der Waals surface area contributed by atoms with Gasteiger partial charge in [-0.15, -0.1) is 0 Å². The summed E-state index contributed by atoms with van der Waals surface area (Å²) in [5.41, 5.74) is -0.130. The van der Waals surface area contributed by atoms with Crippen LogP contribution in [0.3, 0.4) is 0 Å². The van der Waals surface area contributed by atoms with Gasteiger partial charge in [-0.05, 0) is 18.7 Å². The lowest BCUT2D eigenvalue weighted by Crippen LogP contribution is -2.04. The van der Waals surface area contributed by atoms with Crippen molar-refractivity contribution in [2.45, 2.75) is 17.1 Å². The molecule has 0 radical (unpaired) electrons. The van der Waals surface area contributed by atoms with E-state index in [1.807, 2.05) is 14.0 Å². The maximum Gasteiger partial charge on any atom is 0.320 e. The highest BCUT2D eigenvalue weighted by molar-refractivity contribution is 7.99. The van der Waals surface area contributed by atoms with E-state index < -0.39 is 4.92 Å². The van der Waals surface area contributed by atoms with Crippen LogP contribution in [0, 0.1) is 10.1 Å². The quantitative estimate of drug-likeness (QED) is 0.505. The third-order valence-electron chi connectivity index (χ3n) is 2.23. The molecule has 0 saturated heterocycles. The molecule has 19 heavy (non-hydrogen) atoms. The molecule has 2 heterocycles. The summed E-state index contributed by atoms with van der Waals surface area (Å²) in [7, 11) is 1.81. The Hall–Kier alpha value is -2.16. The zero-order valence-electron chi connectivity index (χ0n) is 10.4. The molecule has 2 aromatic heterocycles. The predicted octanol–water partition coefficient (Wildman–Crippen LogP) is 1.70. The number of aromatic nitrogens is 4. The summed E-state index contributed by atoms with van der Waals surface area (Å²) in [6, 6.07) is 0. The summed E-state index contributed by atoms with van der Waals surface area (Å²) < 4.78 is 1.77. The fraction of sp³-hybridized carbons (Fsp3) is 0.300. The molecule has 0 saturated carbocycles. The van der Waals surface area contributed by atoms with Crippen LogP contribution in [0.25, 0.3) is 0 Å². The van der Waals surface area contributed by atoms with E-state index in [-0.39, 0.29) is 10.7 Å². The maximum atomic E-state index is 11.0. The van der Waals surface area contributed by atoms with E-state index in [0.29, 0.717) is 17.6 Å². The fourth-order valence-electron chi connectivity index (χ4n) is 1.34. The molecule has 1 N–H and O–H groups in total. The van der Waals surface area contributed by atoms with E-state index in [0.717, 1.165) is 11.8 Å². The molecule has 2 rings (SSSR count). The molecule has 8 nitrogen and oxygen atoms in total. The predicted molar refractivity (Wildman–Crippen MR) is 70.2 cm³/mol. The molecule has 0 aromatic carbocycles. The van der Waals surface area contributed by atoms with E-state index >= 15 is 0 Å². The van der Waals surface area contributed by atoms with Crippen molar-refractivity contribution in [3.63, 3.8) is 0 Å². The van der Waals surface area contributed by atoms with Crippen LogP contribution >= 0.6 is 11.8 Å². The molecule has 0 fully saturated rings. The molecule has 0 aliphatic rings. The van der Waals surface area contributed by atoms with Gasteiger partial charge in [0.2, 0.25) is 5.95 Å². The SMILES string of the molecule is CCNc1ncc([N+](=O)[O-])c(Sc2nccn2C)n1. The lowest BCUT2D eigenvalue weighted by molar-refractivity contribution is -0.388. The van der Waals surface area contributed by atoms with Crippen molar-refractivity contribution in [1.29, 1.82) is 0 Å². The zero-order chi connectivity index (χ0) is 13.8. The second-order valence-electron chi connectivity index (χ2n) is 3.59. The largest absolute Gasteiger partial charge is 0.354 e. The molecule has 2 aromatic rings. The molecule has 0 amide bonds. The van der Waals surface area contributed by atoms with Crippen molar-refractivity contribution in [3.05, 3.63) is 28.7 Å². The lowest BCUT2D eigenvalue weighted by Gasteiger charge is -2.05. The van der Waals surface area contributed by atoms with Gasteiger partial charge in [0.05, 0.1) is 4.92 Å². The first-order chi connectivity index (χ1) is 9.11. The smallest absolute Gasteiger partial charge is 0.320 e. The lowest BCUT2D eigenvalue weighted by atomic mass is 10.5. The first kappa shape index (κ1) is 13.3. The van der Waals surface area contributed by atoms with Gasteiger partial charge in [-0.25, -0.2) is 9.97 Å². The molecule has 0 bridgehead atoms. The van der Waals surface area contributed by atoms with Crippen LogP contribution in [-0.4, -0.2) is 31.0 Å². The van der Waals surface area contributed by atoms with Crippen LogP contribution in [0.2, 0.25) is 0 Å². The topological polar surface area (TPSA) is 98.8 Å². The second-order valence-corrected chi connectivity index (χ2v) is 4.55. The zero-order valence-corrected chi connectivity index (χ0v) is 11.2. The van der Waals surface area contributed by atoms with Crippen molar-refractivity contribution in [3.8, 4) is 0 Å². The van der Waals surface area contributed by atoms with Crippen molar-refractivity contribution < 1.29 is 4.92 Å². The summed E-state index contributed by atoms with van der Waals surface area (Å²) in [5.74, 6) is 0.366. The summed E-state index contributed by atoms with van der Waals surface area (Å²) in [6.07, 6.45) is 4.59. The first-order valence-corrected chi connectivity index (χ1v) is 6.34. The van der Waals surface area contributed by atoms with E-state index in [1.54, 1.807) is 17.0 Å². The molecule has 0 spiro atoms. The number of hydrogen-bond acceptors (Lipinski definition) is 7. The molecule has 9 heteroatoms. The van der Waals surface area contributed by atoms with Crippen LogP contribution in [-0.2, 0) is 7.05 Å². The Morgan fingerprint density at radius 1 is 1.53 bits per heavy atom. The summed E-state index contributed by atoms with van der Waals surface area (Å²) in [5, 5.41) is 14.8. The van der Waals surface area contributed by atoms with Gasteiger partial charge in [0.25, 0.3) is 0 Å². The van der Waals surface area contributed by atoms with Crippen LogP contribution in [0.5, 0.6) is 0 Å². The number of nitrogens with one attached hydrogen (secondary N) is 1. The molecular weight excluding hydrogens is 268 g/mol. The number of nitro groups is 1. The third-order valence-corrected chi connectivity index (χ3v) is 3.30. The van der Waals surface area contributed by atoms with Gasteiger partial charge in [0.15, 0.2) is 10.2 Å². The average Bonchev–Trinajstić information content (AvgIpc) is 2.75. The average molecular weight is 280 g/mol. The number of rotatable bonds is 5. The van der Waals surface area contributed by atoms with Crippen molar-refractivity contribution >= 4 is 23.4 Å². The van der Waals surface area contributed by atoms with E-state index in [4.69, 9.17) is 0 Å². The first-order valence-electron chi connectivity index (χ1n) is 5.52. The number of aryl methyl sites for hydroxylation is 1. The Bertz CT molecular complexity index is 599. The Kier molecular flexibility index (Phi) is 3.95. The minimum absolute atomic E-state index is 0.130. The van der Waals surface area contributed by atoms with Crippen LogP contribution in [0.1, 0.15) is 6.92 Å². The molecule has 0 aliphatic heterocycles. The van der Waals surface area contributed by atoms with Gasteiger partial charge in [-0.2, -0.15) is 4.98 Å². The number of anilines is 1. The van der Waals surface area contributed by atoms with Gasteiger partial charge < -0.3 is 9.88 Å². The fourth-order valence-corrected chi connectivity index (χ4v) is 2.20. The van der Waals surface area contributed by atoms with Crippen molar-refractivity contribution in [2.75, 3.05) is 11.9 Å². The van der Waals surface area contributed by atoms with E-state index in [2.05, 4.69) is 20.3 Å². The summed E-state index contributed by atoms with van der Waals surface area (Å²) in [4.78, 5) is 22.6. The standard InChI is InChI=1S/C10H12N6O2S/c1-3-11-9-13-6-7(16(17)18)8(14-9)19-10-12-4-5-15(10)2/h4-6H,3H2,1-2H3,(H,11,13,14). The van der Waals surface area contributed by atoms with Gasteiger partial charge in [-0.3, -0.25) is 10.1 Å². The number of imidazole rings is 1. The normalized spacial score (nSPS) is 10.4. The van der Waals surface area contributed by atoms with E-state index in [9.17, 15) is 10.1 Å². The second kappa shape index (κ2) is 5.65. The Balaban J connectivity index is 2.37. The Morgan fingerprint density at radius 3 is 2.89 bits per heavy atom. The summed E-state index contributed by atoms with van der Waals surface area (Å²) in [6.45, 7) is 2.54. The van der Waals surface area contributed by atoms with Gasteiger partial charge in [-0.1, -0.05) is 0 Å². The van der Waals surface area contributed by atoms with Crippen LogP contribution in [0.4, 0.5) is 11.6 Å².